The minimum atomic E-state index is -0.446. The Morgan fingerprint density at radius 3 is 2.59 bits per heavy atom. The van der Waals surface area contributed by atoms with E-state index in [2.05, 4.69) is 17.3 Å². The molecule has 1 aromatic heterocycles. The van der Waals surface area contributed by atoms with Crippen molar-refractivity contribution in [2.45, 2.75) is 0 Å². The average molecular weight is 394 g/mol. The second kappa shape index (κ2) is 7.97. The van der Waals surface area contributed by atoms with Crippen molar-refractivity contribution in [3.8, 4) is 0 Å². The number of amides is 1. The van der Waals surface area contributed by atoms with Gasteiger partial charge in [-0.2, -0.15) is 0 Å². The van der Waals surface area contributed by atoms with Gasteiger partial charge in [-0.05, 0) is 30.3 Å². The molecule has 0 bridgehead atoms. The van der Waals surface area contributed by atoms with E-state index in [0.29, 0.717) is 16.8 Å². The summed E-state index contributed by atoms with van der Waals surface area (Å²) in [6.45, 7) is 3.76. The molecule has 7 heteroatoms. The molecular formula is C22H24N3O4+. The predicted molar refractivity (Wildman–Crippen MR) is 111 cm³/mol. The maximum Gasteiger partial charge on any atom is 0.337 e. The number of fused-ring (bicyclic) bond motifs is 1. The van der Waals surface area contributed by atoms with Crippen LogP contribution in [0.3, 0.4) is 0 Å². The van der Waals surface area contributed by atoms with Gasteiger partial charge in [0.15, 0.2) is 5.76 Å². The first-order valence-corrected chi connectivity index (χ1v) is 9.63. The lowest BCUT2D eigenvalue weighted by molar-refractivity contribution is -0.880. The quantitative estimate of drug-likeness (QED) is 0.660. The first-order valence-electron chi connectivity index (χ1n) is 9.63. The summed E-state index contributed by atoms with van der Waals surface area (Å²) in [6, 6.07) is 14.4. The number of quaternary nitrogens is 1. The standard InChI is InChI=1S/C22H23N3O4/c1-24-9-11-25(12-10-24)18-8-7-16(22(27)28-2)13-17(18)23-21(26)20-14-15-5-3-4-6-19(15)29-20/h3-8,13-14H,9-12H2,1-2H3,(H,23,26)/p+1. The molecule has 150 valence electrons. The normalized spacial score (nSPS) is 14.8. The molecule has 1 saturated heterocycles. The summed E-state index contributed by atoms with van der Waals surface area (Å²) in [5, 5.41) is 3.79. The lowest BCUT2D eigenvalue weighted by Crippen LogP contribution is -3.12. The van der Waals surface area contributed by atoms with Crippen LogP contribution in [0.2, 0.25) is 0 Å². The third-order valence-electron chi connectivity index (χ3n) is 5.27. The number of anilines is 2. The summed E-state index contributed by atoms with van der Waals surface area (Å²) in [5.41, 5.74) is 2.49. The van der Waals surface area contributed by atoms with Crippen LogP contribution in [0.5, 0.6) is 0 Å². The van der Waals surface area contributed by atoms with Gasteiger partial charge in [-0.25, -0.2) is 4.79 Å². The number of para-hydroxylation sites is 1. The number of nitrogens with zero attached hydrogens (tertiary/aromatic N) is 1. The van der Waals surface area contributed by atoms with E-state index in [1.54, 1.807) is 18.2 Å². The van der Waals surface area contributed by atoms with Gasteiger partial charge in [0, 0.05) is 5.39 Å². The number of furan rings is 1. The first-order chi connectivity index (χ1) is 14.0. The molecule has 3 aromatic rings. The number of ether oxygens (including phenoxy) is 1. The number of methoxy groups -OCH3 is 1. The summed E-state index contributed by atoms with van der Waals surface area (Å²) in [5.74, 6) is -0.578. The smallest absolute Gasteiger partial charge is 0.337 e. The van der Waals surface area contributed by atoms with Crippen molar-refractivity contribution in [3.63, 3.8) is 0 Å². The van der Waals surface area contributed by atoms with Crippen molar-refractivity contribution < 1.29 is 23.6 Å². The van der Waals surface area contributed by atoms with E-state index in [1.807, 2.05) is 30.3 Å². The van der Waals surface area contributed by atoms with Gasteiger partial charge in [-0.1, -0.05) is 18.2 Å². The van der Waals surface area contributed by atoms with Gasteiger partial charge in [-0.15, -0.1) is 0 Å². The number of carbonyl (C=O) groups excluding carboxylic acids is 2. The molecule has 0 aliphatic carbocycles. The fraction of sp³-hybridized carbons (Fsp3) is 0.273. The molecule has 0 spiro atoms. The number of hydrogen-bond donors (Lipinski definition) is 2. The Morgan fingerprint density at radius 1 is 1.10 bits per heavy atom. The summed E-state index contributed by atoms with van der Waals surface area (Å²) in [4.78, 5) is 28.6. The number of benzene rings is 2. The van der Waals surface area contributed by atoms with E-state index in [1.165, 1.54) is 12.0 Å². The zero-order valence-electron chi connectivity index (χ0n) is 16.5. The lowest BCUT2D eigenvalue weighted by Gasteiger charge is -2.33. The summed E-state index contributed by atoms with van der Waals surface area (Å²) < 4.78 is 10.5. The zero-order valence-corrected chi connectivity index (χ0v) is 16.5. The molecule has 0 unspecified atom stereocenters. The number of piperazine rings is 1. The van der Waals surface area contributed by atoms with E-state index >= 15 is 0 Å². The lowest BCUT2D eigenvalue weighted by atomic mass is 10.1. The van der Waals surface area contributed by atoms with Gasteiger partial charge in [-0.3, -0.25) is 4.79 Å². The number of nitrogens with one attached hydrogen (secondary N) is 2. The molecule has 1 aliphatic rings. The van der Waals surface area contributed by atoms with Crippen molar-refractivity contribution in [1.29, 1.82) is 0 Å². The second-order valence-electron chi connectivity index (χ2n) is 7.27. The van der Waals surface area contributed by atoms with Gasteiger partial charge < -0.3 is 24.3 Å². The highest BCUT2D eigenvalue weighted by Crippen LogP contribution is 2.29. The second-order valence-corrected chi connectivity index (χ2v) is 7.27. The number of likely N-dealkylation sites (N-methyl/N-ethyl adjacent to an activating group) is 1. The minimum absolute atomic E-state index is 0.225. The fourth-order valence-corrected chi connectivity index (χ4v) is 3.56. The first kappa shape index (κ1) is 19.0. The van der Waals surface area contributed by atoms with Gasteiger partial charge in [0.2, 0.25) is 0 Å². The van der Waals surface area contributed by atoms with Gasteiger partial charge in [0.05, 0.1) is 57.3 Å². The van der Waals surface area contributed by atoms with Crippen molar-refractivity contribution in [2.24, 2.45) is 0 Å². The molecule has 2 aromatic carbocycles. The summed E-state index contributed by atoms with van der Waals surface area (Å²) in [6.07, 6.45) is 0. The largest absolute Gasteiger partial charge is 0.465 e. The molecule has 1 fully saturated rings. The summed E-state index contributed by atoms with van der Waals surface area (Å²) >= 11 is 0. The predicted octanol–water partition coefficient (Wildman–Crippen LogP) is 1.81. The highest BCUT2D eigenvalue weighted by Gasteiger charge is 2.22. The molecule has 0 atom stereocenters. The monoisotopic (exact) mass is 394 g/mol. The Labute approximate surface area is 168 Å². The Hall–Kier alpha value is -3.32. The Kier molecular flexibility index (Phi) is 5.22. The molecular weight excluding hydrogens is 370 g/mol. The molecule has 7 nitrogen and oxygen atoms in total. The number of rotatable bonds is 4. The molecule has 1 amide bonds. The van der Waals surface area contributed by atoms with Crippen LogP contribution >= 0.6 is 0 Å². The van der Waals surface area contributed by atoms with Gasteiger partial charge in [0.25, 0.3) is 5.91 Å². The highest BCUT2D eigenvalue weighted by atomic mass is 16.5. The maximum atomic E-state index is 12.9. The molecule has 0 saturated carbocycles. The van der Waals surface area contributed by atoms with Crippen molar-refractivity contribution in [2.75, 3.05) is 50.6 Å². The van der Waals surface area contributed by atoms with Crippen LogP contribution in [-0.4, -0.2) is 52.2 Å². The summed E-state index contributed by atoms with van der Waals surface area (Å²) in [7, 11) is 3.51. The topological polar surface area (TPSA) is 76.2 Å². The van der Waals surface area contributed by atoms with Crippen LogP contribution in [0.15, 0.2) is 52.9 Å². The Balaban J connectivity index is 1.65. The molecule has 0 radical (unpaired) electrons. The van der Waals surface area contributed by atoms with Crippen LogP contribution < -0.4 is 15.1 Å². The number of carbonyl (C=O) groups is 2. The van der Waals surface area contributed by atoms with E-state index in [9.17, 15) is 9.59 Å². The molecule has 2 heterocycles. The number of esters is 1. The van der Waals surface area contributed by atoms with Crippen LogP contribution in [0.4, 0.5) is 11.4 Å². The van der Waals surface area contributed by atoms with E-state index in [4.69, 9.17) is 9.15 Å². The third kappa shape index (κ3) is 3.95. The SMILES string of the molecule is COC(=O)c1ccc(N2CC[NH+](C)CC2)c(NC(=O)c2cc3ccccc3o2)c1. The Morgan fingerprint density at radius 2 is 1.86 bits per heavy atom. The Bertz CT molecular complexity index is 1020. The molecule has 29 heavy (non-hydrogen) atoms. The van der Waals surface area contributed by atoms with Crippen LogP contribution in [0, 0.1) is 0 Å². The van der Waals surface area contributed by atoms with E-state index < -0.39 is 5.97 Å². The van der Waals surface area contributed by atoms with Crippen molar-refractivity contribution in [3.05, 3.63) is 59.9 Å². The third-order valence-corrected chi connectivity index (χ3v) is 5.27. The van der Waals surface area contributed by atoms with E-state index in [0.717, 1.165) is 37.3 Å². The van der Waals surface area contributed by atoms with Crippen molar-refractivity contribution in [1.82, 2.24) is 0 Å². The zero-order chi connectivity index (χ0) is 20.4. The minimum Gasteiger partial charge on any atom is -0.465 e. The van der Waals surface area contributed by atoms with Crippen LogP contribution in [0.25, 0.3) is 11.0 Å². The number of hydrogen-bond acceptors (Lipinski definition) is 5. The molecule has 1 aliphatic heterocycles. The average Bonchev–Trinajstić information content (AvgIpc) is 3.18. The van der Waals surface area contributed by atoms with Crippen LogP contribution in [0.1, 0.15) is 20.9 Å². The molecule has 4 rings (SSSR count). The van der Waals surface area contributed by atoms with Crippen molar-refractivity contribution >= 4 is 34.2 Å². The molecule has 2 N–H and O–H groups in total. The maximum absolute atomic E-state index is 12.9. The van der Waals surface area contributed by atoms with Gasteiger partial charge >= 0.3 is 5.97 Å². The van der Waals surface area contributed by atoms with Crippen LogP contribution in [-0.2, 0) is 4.74 Å². The van der Waals surface area contributed by atoms with E-state index in [-0.39, 0.29) is 11.7 Å². The van der Waals surface area contributed by atoms with Gasteiger partial charge in [0.1, 0.15) is 5.58 Å². The highest BCUT2D eigenvalue weighted by molar-refractivity contribution is 6.07. The fourth-order valence-electron chi connectivity index (χ4n) is 3.56.